The second-order valence-electron chi connectivity index (χ2n) is 6.47. The van der Waals surface area contributed by atoms with Crippen molar-refractivity contribution < 1.29 is 22.7 Å². The Labute approximate surface area is 154 Å². The molecule has 0 saturated carbocycles. The van der Waals surface area contributed by atoms with E-state index in [0.717, 1.165) is 12.2 Å². The average Bonchev–Trinajstić information content (AvgIpc) is 3.23. The van der Waals surface area contributed by atoms with E-state index in [2.05, 4.69) is 15.0 Å². The van der Waals surface area contributed by atoms with Crippen molar-refractivity contribution in [1.82, 2.24) is 19.8 Å². The minimum absolute atomic E-state index is 0.191. The second-order valence-corrected chi connectivity index (χ2v) is 6.47. The number of halogens is 3. The Kier molecular flexibility index (Phi) is 5.57. The number of nitrogens with zero attached hydrogens (tertiary/aromatic N) is 3. The SMILES string of the molecule is Cn1ccnc1C1CCN(C(=O)NCCc2ccccc2OC(F)(F)F)C1. The highest BCUT2D eigenvalue weighted by atomic mass is 19.4. The van der Waals surface area contributed by atoms with Crippen LogP contribution in [0.25, 0.3) is 0 Å². The predicted octanol–water partition coefficient (Wildman–Crippen LogP) is 3.06. The fourth-order valence-corrected chi connectivity index (χ4v) is 3.28. The molecule has 1 aliphatic heterocycles. The van der Waals surface area contributed by atoms with E-state index in [9.17, 15) is 18.0 Å². The molecule has 1 unspecified atom stereocenters. The van der Waals surface area contributed by atoms with Gasteiger partial charge in [-0.2, -0.15) is 0 Å². The summed E-state index contributed by atoms with van der Waals surface area (Å²) >= 11 is 0. The van der Waals surface area contributed by atoms with Crippen LogP contribution >= 0.6 is 0 Å². The molecule has 27 heavy (non-hydrogen) atoms. The molecule has 0 aliphatic carbocycles. The van der Waals surface area contributed by atoms with E-state index in [0.29, 0.717) is 18.7 Å². The Balaban J connectivity index is 1.50. The van der Waals surface area contributed by atoms with Crippen LogP contribution in [0.2, 0.25) is 0 Å². The number of benzene rings is 1. The van der Waals surface area contributed by atoms with E-state index in [1.165, 1.54) is 12.1 Å². The molecule has 1 saturated heterocycles. The number of nitrogens with one attached hydrogen (secondary N) is 1. The molecule has 0 spiro atoms. The molecule has 0 radical (unpaired) electrons. The van der Waals surface area contributed by atoms with Gasteiger partial charge in [0, 0.05) is 45.0 Å². The number of aromatic nitrogens is 2. The number of alkyl halides is 3. The van der Waals surface area contributed by atoms with Gasteiger partial charge in [-0.1, -0.05) is 18.2 Å². The lowest BCUT2D eigenvalue weighted by Gasteiger charge is -2.18. The van der Waals surface area contributed by atoms with Gasteiger partial charge >= 0.3 is 12.4 Å². The maximum absolute atomic E-state index is 12.5. The topological polar surface area (TPSA) is 59.4 Å². The van der Waals surface area contributed by atoms with Crippen LogP contribution in [0.3, 0.4) is 0 Å². The van der Waals surface area contributed by atoms with Gasteiger partial charge in [0.25, 0.3) is 0 Å². The smallest absolute Gasteiger partial charge is 0.406 e. The molecule has 2 amide bonds. The van der Waals surface area contributed by atoms with Crippen LogP contribution in [0.4, 0.5) is 18.0 Å². The van der Waals surface area contributed by atoms with E-state index >= 15 is 0 Å². The summed E-state index contributed by atoms with van der Waals surface area (Å²) in [4.78, 5) is 18.4. The lowest BCUT2D eigenvalue weighted by molar-refractivity contribution is -0.274. The highest BCUT2D eigenvalue weighted by Gasteiger charge is 2.32. The largest absolute Gasteiger partial charge is 0.573 e. The number of hydrogen-bond donors (Lipinski definition) is 1. The van der Waals surface area contributed by atoms with Crippen LogP contribution in [0.15, 0.2) is 36.7 Å². The minimum Gasteiger partial charge on any atom is -0.406 e. The number of amides is 2. The van der Waals surface area contributed by atoms with Crippen molar-refractivity contribution in [2.75, 3.05) is 19.6 Å². The van der Waals surface area contributed by atoms with Crippen molar-refractivity contribution in [3.05, 3.63) is 48.0 Å². The zero-order chi connectivity index (χ0) is 19.4. The maximum Gasteiger partial charge on any atom is 0.573 e. The molecular weight excluding hydrogens is 361 g/mol. The van der Waals surface area contributed by atoms with Crippen LogP contribution in [-0.2, 0) is 13.5 Å². The summed E-state index contributed by atoms with van der Waals surface area (Å²) in [5.74, 6) is 0.899. The predicted molar refractivity (Wildman–Crippen MR) is 92.4 cm³/mol. The molecule has 1 aromatic heterocycles. The van der Waals surface area contributed by atoms with Crippen LogP contribution in [0.1, 0.15) is 23.7 Å². The van der Waals surface area contributed by atoms with Crippen molar-refractivity contribution in [1.29, 1.82) is 0 Å². The van der Waals surface area contributed by atoms with Gasteiger partial charge in [0.15, 0.2) is 0 Å². The third-order valence-electron chi connectivity index (χ3n) is 4.57. The van der Waals surface area contributed by atoms with Crippen LogP contribution in [-0.4, -0.2) is 46.5 Å². The number of carbonyl (C=O) groups is 1. The summed E-state index contributed by atoms with van der Waals surface area (Å²) in [6.45, 7) is 1.42. The van der Waals surface area contributed by atoms with E-state index in [1.54, 1.807) is 23.2 Å². The molecule has 0 bridgehead atoms. The van der Waals surface area contributed by atoms with Gasteiger partial charge in [-0.15, -0.1) is 13.2 Å². The van der Waals surface area contributed by atoms with Crippen LogP contribution in [0, 0.1) is 0 Å². The molecular formula is C18H21F3N4O2. The standard InChI is InChI=1S/C18H21F3N4O2/c1-24-11-9-22-16(24)14-7-10-25(12-14)17(26)23-8-6-13-4-2-3-5-15(13)27-18(19,20)21/h2-5,9,11,14H,6-8,10,12H2,1H3,(H,23,26). The molecule has 1 N–H and O–H groups in total. The summed E-state index contributed by atoms with van der Waals surface area (Å²) in [6.07, 6.45) is -0.0545. The van der Waals surface area contributed by atoms with Gasteiger partial charge in [-0.05, 0) is 24.5 Å². The molecule has 1 aromatic carbocycles. The average molecular weight is 382 g/mol. The highest BCUT2D eigenvalue weighted by molar-refractivity contribution is 5.74. The first-order chi connectivity index (χ1) is 12.8. The summed E-state index contributed by atoms with van der Waals surface area (Å²) < 4.78 is 43.3. The van der Waals surface area contributed by atoms with Crippen molar-refractivity contribution in [2.45, 2.75) is 25.1 Å². The Morgan fingerprint density at radius 1 is 1.37 bits per heavy atom. The Hall–Kier alpha value is -2.71. The molecule has 3 rings (SSSR count). The Morgan fingerprint density at radius 2 is 2.15 bits per heavy atom. The first kappa shape index (κ1) is 19.1. The van der Waals surface area contributed by atoms with Crippen molar-refractivity contribution in [3.63, 3.8) is 0 Å². The molecule has 9 heteroatoms. The lowest BCUT2D eigenvalue weighted by Crippen LogP contribution is -2.39. The summed E-state index contributed by atoms with van der Waals surface area (Å²) in [7, 11) is 1.92. The van der Waals surface area contributed by atoms with Crippen LogP contribution in [0.5, 0.6) is 5.75 Å². The summed E-state index contributed by atoms with van der Waals surface area (Å²) in [6, 6.07) is 5.72. The Morgan fingerprint density at radius 3 is 2.85 bits per heavy atom. The molecule has 146 valence electrons. The quantitative estimate of drug-likeness (QED) is 0.865. The number of para-hydroxylation sites is 1. The number of urea groups is 1. The normalized spacial score (nSPS) is 17.2. The van der Waals surface area contributed by atoms with Crippen molar-refractivity contribution >= 4 is 6.03 Å². The molecule has 2 aromatic rings. The fourth-order valence-electron chi connectivity index (χ4n) is 3.28. The number of ether oxygens (including phenoxy) is 1. The van der Waals surface area contributed by atoms with Gasteiger partial charge < -0.3 is 19.5 Å². The zero-order valence-corrected chi connectivity index (χ0v) is 14.9. The van der Waals surface area contributed by atoms with E-state index in [-0.39, 0.29) is 30.7 Å². The van der Waals surface area contributed by atoms with E-state index in [1.807, 2.05) is 17.8 Å². The lowest BCUT2D eigenvalue weighted by atomic mass is 10.1. The maximum atomic E-state index is 12.5. The summed E-state index contributed by atoms with van der Waals surface area (Å²) in [5.41, 5.74) is 0.391. The number of rotatable bonds is 5. The highest BCUT2D eigenvalue weighted by Crippen LogP contribution is 2.27. The van der Waals surface area contributed by atoms with Gasteiger partial charge in [0.1, 0.15) is 11.6 Å². The molecule has 6 nitrogen and oxygen atoms in total. The fraction of sp³-hybridized carbons (Fsp3) is 0.444. The third-order valence-corrected chi connectivity index (χ3v) is 4.57. The second kappa shape index (κ2) is 7.89. The molecule has 2 heterocycles. The number of likely N-dealkylation sites (tertiary alicyclic amines) is 1. The van der Waals surface area contributed by atoms with E-state index < -0.39 is 6.36 Å². The third kappa shape index (κ3) is 4.93. The molecule has 1 atom stereocenters. The first-order valence-corrected chi connectivity index (χ1v) is 8.67. The molecule has 1 aliphatic rings. The first-order valence-electron chi connectivity index (χ1n) is 8.67. The van der Waals surface area contributed by atoms with Crippen LogP contribution < -0.4 is 10.1 Å². The number of aryl methyl sites for hydroxylation is 1. The monoisotopic (exact) mass is 382 g/mol. The van der Waals surface area contributed by atoms with Gasteiger partial charge in [0.2, 0.25) is 0 Å². The van der Waals surface area contributed by atoms with E-state index in [4.69, 9.17) is 0 Å². The van der Waals surface area contributed by atoms with Crippen molar-refractivity contribution in [3.8, 4) is 5.75 Å². The number of hydrogen-bond acceptors (Lipinski definition) is 3. The minimum atomic E-state index is -4.74. The summed E-state index contributed by atoms with van der Waals surface area (Å²) in [5, 5.41) is 2.77. The van der Waals surface area contributed by atoms with Gasteiger partial charge in [-0.3, -0.25) is 0 Å². The Bertz CT molecular complexity index is 791. The van der Waals surface area contributed by atoms with Crippen molar-refractivity contribution in [2.24, 2.45) is 7.05 Å². The van der Waals surface area contributed by atoms with Gasteiger partial charge in [0.05, 0.1) is 0 Å². The number of imidazole rings is 1. The number of carbonyl (C=O) groups excluding carboxylic acids is 1. The zero-order valence-electron chi connectivity index (χ0n) is 14.9. The van der Waals surface area contributed by atoms with Gasteiger partial charge in [-0.25, -0.2) is 9.78 Å². The molecule has 1 fully saturated rings.